The maximum Gasteiger partial charge on any atom is 0.309 e. The fourth-order valence-corrected chi connectivity index (χ4v) is 1.74. The first-order valence-electron chi connectivity index (χ1n) is 6.32. The molecule has 0 fully saturated rings. The number of hydrogen-bond donors (Lipinski definition) is 1. The molecule has 1 unspecified atom stereocenters. The number of rotatable bonds is 4. The Hall–Kier alpha value is -2.77. The number of carbonyl (C=O) groups is 1. The molecule has 0 aromatic carbocycles. The molecule has 2 aromatic heterocycles. The van der Waals surface area contributed by atoms with Gasteiger partial charge in [0, 0.05) is 6.20 Å². The summed E-state index contributed by atoms with van der Waals surface area (Å²) in [6.45, 7) is 5.04. The Morgan fingerprint density at radius 3 is 2.67 bits per heavy atom. The van der Waals surface area contributed by atoms with Gasteiger partial charge in [-0.05, 0) is 32.4 Å². The molecule has 0 bridgehead atoms. The van der Waals surface area contributed by atoms with Gasteiger partial charge in [0.1, 0.15) is 23.8 Å². The van der Waals surface area contributed by atoms with Crippen molar-refractivity contribution in [3.05, 3.63) is 45.9 Å². The van der Waals surface area contributed by atoms with Crippen molar-refractivity contribution >= 4 is 17.4 Å². The van der Waals surface area contributed by atoms with Crippen LogP contribution in [0.25, 0.3) is 0 Å². The van der Waals surface area contributed by atoms with Crippen LogP contribution >= 0.6 is 0 Å². The smallest absolute Gasteiger partial charge is 0.309 e. The number of amides is 1. The van der Waals surface area contributed by atoms with Gasteiger partial charge in [-0.15, -0.1) is 0 Å². The van der Waals surface area contributed by atoms with Crippen LogP contribution in [0.3, 0.4) is 0 Å². The molecule has 0 spiro atoms. The molecule has 8 heteroatoms. The summed E-state index contributed by atoms with van der Waals surface area (Å²) in [6.07, 6.45) is 2.89. The van der Waals surface area contributed by atoms with Gasteiger partial charge in [-0.25, -0.2) is 4.98 Å². The van der Waals surface area contributed by atoms with Crippen molar-refractivity contribution in [2.45, 2.75) is 26.8 Å². The van der Waals surface area contributed by atoms with E-state index in [0.717, 1.165) is 5.56 Å². The Kier molecular flexibility index (Phi) is 3.97. The number of hydrogen-bond acceptors (Lipinski definition) is 5. The number of nitro groups is 1. The minimum Gasteiger partial charge on any atom is -0.309 e. The highest BCUT2D eigenvalue weighted by atomic mass is 16.6. The Balaban J connectivity index is 2.13. The molecule has 1 amide bonds. The molecule has 0 radical (unpaired) electrons. The molecule has 0 aliphatic rings. The quantitative estimate of drug-likeness (QED) is 0.685. The van der Waals surface area contributed by atoms with Crippen LogP contribution in [0.5, 0.6) is 0 Å². The lowest BCUT2D eigenvalue weighted by molar-refractivity contribution is -0.385. The van der Waals surface area contributed by atoms with Gasteiger partial charge in [-0.1, -0.05) is 6.07 Å². The van der Waals surface area contributed by atoms with Crippen molar-refractivity contribution < 1.29 is 9.72 Å². The highest BCUT2D eigenvalue weighted by molar-refractivity contribution is 5.92. The van der Waals surface area contributed by atoms with E-state index in [9.17, 15) is 14.9 Å². The van der Waals surface area contributed by atoms with Crippen LogP contribution in [0.1, 0.15) is 24.2 Å². The van der Waals surface area contributed by atoms with E-state index in [2.05, 4.69) is 15.4 Å². The number of carbonyl (C=O) groups excluding carboxylic acids is 1. The normalized spacial score (nSPS) is 12.0. The summed E-state index contributed by atoms with van der Waals surface area (Å²) in [4.78, 5) is 26.5. The molecular formula is C13H15N5O3. The second-order valence-corrected chi connectivity index (χ2v) is 4.72. The van der Waals surface area contributed by atoms with E-state index in [1.807, 2.05) is 13.0 Å². The highest BCUT2D eigenvalue weighted by Gasteiger charge is 2.22. The SMILES string of the molecule is Cc1ccc(NC(=O)C(C)n2cc([N+](=O)[O-])c(C)n2)nc1. The molecule has 110 valence electrons. The van der Waals surface area contributed by atoms with Gasteiger partial charge in [0.15, 0.2) is 0 Å². The number of anilines is 1. The Labute approximate surface area is 121 Å². The Bertz CT molecular complexity index is 678. The van der Waals surface area contributed by atoms with Crippen molar-refractivity contribution in [3.8, 4) is 0 Å². The van der Waals surface area contributed by atoms with Crippen molar-refractivity contribution in [2.24, 2.45) is 0 Å². The maximum absolute atomic E-state index is 12.1. The third-order valence-corrected chi connectivity index (χ3v) is 3.03. The molecule has 0 saturated heterocycles. The summed E-state index contributed by atoms with van der Waals surface area (Å²) in [5.74, 6) is 0.0829. The average Bonchev–Trinajstić information content (AvgIpc) is 2.82. The molecule has 1 atom stereocenters. The maximum atomic E-state index is 12.1. The van der Waals surface area contributed by atoms with Crippen molar-refractivity contribution in [3.63, 3.8) is 0 Å². The fraction of sp³-hybridized carbons (Fsp3) is 0.308. The first-order valence-corrected chi connectivity index (χ1v) is 6.32. The molecule has 0 saturated carbocycles. The lowest BCUT2D eigenvalue weighted by Crippen LogP contribution is -2.24. The topological polar surface area (TPSA) is 103 Å². The zero-order valence-electron chi connectivity index (χ0n) is 11.9. The largest absolute Gasteiger partial charge is 0.309 e. The zero-order valence-corrected chi connectivity index (χ0v) is 11.9. The highest BCUT2D eigenvalue weighted by Crippen LogP contribution is 2.19. The fourth-order valence-electron chi connectivity index (χ4n) is 1.74. The lowest BCUT2D eigenvalue weighted by Gasteiger charge is -2.11. The van der Waals surface area contributed by atoms with Crippen molar-refractivity contribution in [2.75, 3.05) is 5.32 Å². The van der Waals surface area contributed by atoms with Crippen LogP contribution < -0.4 is 5.32 Å². The molecule has 21 heavy (non-hydrogen) atoms. The molecule has 1 N–H and O–H groups in total. The minimum atomic E-state index is -0.680. The Morgan fingerprint density at radius 2 is 2.14 bits per heavy atom. The van der Waals surface area contributed by atoms with Crippen molar-refractivity contribution in [1.29, 1.82) is 0 Å². The summed E-state index contributed by atoms with van der Waals surface area (Å²) < 4.78 is 1.27. The summed E-state index contributed by atoms with van der Waals surface area (Å²) in [6, 6.07) is 2.84. The molecule has 2 heterocycles. The number of nitrogens with one attached hydrogen (secondary N) is 1. The van der Waals surface area contributed by atoms with Crippen LogP contribution in [-0.2, 0) is 4.79 Å². The first-order chi connectivity index (χ1) is 9.88. The second kappa shape index (κ2) is 5.70. The zero-order chi connectivity index (χ0) is 15.6. The van der Waals surface area contributed by atoms with Gasteiger partial charge in [-0.2, -0.15) is 5.10 Å². The van der Waals surface area contributed by atoms with E-state index in [4.69, 9.17) is 0 Å². The van der Waals surface area contributed by atoms with Gasteiger partial charge in [0.2, 0.25) is 5.91 Å². The molecule has 0 aliphatic carbocycles. The van der Waals surface area contributed by atoms with Crippen LogP contribution in [-0.4, -0.2) is 25.6 Å². The first kappa shape index (κ1) is 14.6. The van der Waals surface area contributed by atoms with E-state index in [1.165, 1.54) is 17.8 Å². The van der Waals surface area contributed by atoms with Crippen LogP contribution in [0.4, 0.5) is 11.5 Å². The molecule has 2 rings (SSSR count). The summed E-state index contributed by atoms with van der Waals surface area (Å²) >= 11 is 0. The number of nitrogens with zero attached hydrogens (tertiary/aromatic N) is 4. The monoisotopic (exact) mass is 289 g/mol. The number of pyridine rings is 1. The minimum absolute atomic E-state index is 0.108. The molecule has 0 aliphatic heterocycles. The summed E-state index contributed by atoms with van der Waals surface area (Å²) in [7, 11) is 0. The molecular weight excluding hydrogens is 274 g/mol. The van der Waals surface area contributed by atoms with E-state index in [0.29, 0.717) is 5.82 Å². The van der Waals surface area contributed by atoms with Gasteiger partial charge in [0.05, 0.1) is 4.92 Å². The van der Waals surface area contributed by atoms with E-state index >= 15 is 0 Å². The van der Waals surface area contributed by atoms with E-state index < -0.39 is 11.0 Å². The van der Waals surface area contributed by atoms with E-state index in [1.54, 1.807) is 19.2 Å². The summed E-state index contributed by atoms with van der Waals surface area (Å²) in [5.41, 5.74) is 1.15. The number of aryl methyl sites for hydroxylation is 2. The van der Waals surface area contributed by atoms with Crippen LogP contribution in [0.2, 0.25) is 0 Å². The third-order valence-electron chi connectivity index (χ3n) is 3.03. The standard InChI is InChI=1S/C13H15N5O3/c1-8-4-5-12(14-6-8)15-13(19)10(3)17-7-11(18(20)21)9(2)16-17/h4-7,10H,1-3H3,(H,14,15,19). The predicted molar refractivity (Wildman–Crippen MR) is 75.9 cm³/mol. The molecule has 2 aromatic rings. The summed E-state index contributed by atoms with van der Waals surface area (Å²) in [5, 5.41) is 17.4. The lowest BCUT2D eigenvalue weighted by atomic mass is 10.3. The van der Waals surface area contributed by atoms with Gasteiger partial charge in [-0.3, -0.25) is 19.6 Å². The van der Waals surface area contributed by atoms with Gasteiger partial charge >= 0.3 is 5.69 Å². The van der Waals surface area contributed by atoms with Crippen LogP contribution in [0, 0.1) is 24.0 Å². The predicted octanol–water partition coefficient (Wildman–Crippen LogP) is 2.00. The number of aromatic nitrogens is 3. The van der Waals surface area contributed by atoms with Gasteiger partial charge in [0.25, 0.3) is 0 Å². The van der Waals surface area contributed by atoms with Crippen LogP contribution in [0.15, 0.2) is 24.5 Å². The van der Waals surface area contributed by atoms with Crippen molar-refractivity contribution in [1.82, 2.24) is 14.8 Å². The third kappa shape index (κ3) is 3.22. The second-order valence-electron chi connectivity index (χ2n) is 4.72. The van der Waals surface area contributed by atoms with Gasteiger partial charge < -0.3 is 5.32 Å². The average molecular weight is 289 g/mol. The van der Waals surface area contributed by atoms with E-state index in [-0.39, 0.29) is 17.3 Å². The Morgan fingerprint density at radius 1 is 1.43 bits per heavy atom. The molecule has 8 nitrogen and oxygen atoms in total.